The molecule has 102 valence electrons. The zero-order valence-electron chi connectivity index (χ0n) is 11.1. The molecule has 2 heterocycles. The predicted molar refractivity (Wildman–Crippen MR) is 70.3 cm³/mol. The Kier molecular flexibility index (Phi) is 4.01. The standard InChI is InChI=1S/C13H18N4O2/c1-10(13(18)15-19)5-8-17-9-6-11(14-17)12-4-3-7-16(12)2/h3-4,6-7,9-10,19H,5,8H2,1-2H3,(H,15,18). The van der Waals surface area contributed by atoms with Crippen LogP contribution >= 0.6 is 0 Å². The fourth-order valence-corrected chi connectivity index (χ4v) is 1.92. The van der Waals surface area contributed by atoms with E-state index in [1.54, 1.807) is 12.4 Å². The van der Waals surface area contributed by atoms with Crippen LogP contribution in [0.5, 0.6) is 0 Å². The highest BCUT2D eigenvalue weighted by Gasteiger charge is 2.12. The van der Waals surface area contributed by atoms with Crippen molar-refractivity contribution in [3.05, 3.63) is 30.6 Å². The van der Waals surface area contributed by atoms with Gasteiger partial charge in [0.05, 0.1) is 5.69 Å². The lowest BCUT2D eigenvalue weighted by molar-refractivity contribution is -0.133. The van der Waals surface area contributed by atoms with Gasteiger partial charge >= 0.3 is 0 Å². The first-order valence-corrected chi connectivity index (χ1v) is 6.21. The molecule has 2 aromatic rings. The molecule has 0 saturated heterocycles. The number of hydroxylamine groups is 1. The average Bonchev–Trinajstić information content (AvgIpc) is 3.03. The number of nitrogens with zero attached hydrogens (tertiary/aromatic N) is 3. The largest absolute Gasteiger partial charge is 0.349 e. The van der Waals surface area contributed by atoms with Gasteiger partial charge in [-0.25, -0.2) is 5.48 Å². The number of hydrogen-bond acceptors (Lipinski definition) is 3. The molecular formula is C13H18N4O2. The molecule has 6 heteroatoms. The third-order valence-electron chi connectivity index (χ3n) is 3.20. The maximum Gasteiger partial charge on any atom is 0.246 e. The Morgan fingerprint density at radius 2 is 2.26 bits per heavy atom. The molecule has 1 amide bonds. The topological polar surface area (TPSA) is 72.1 Å². The smallest absolute Gasteiger partial charge is 0.246 e. The number of amides is 1. The Balaban J connectivity index is 1.99. The van der Waals surface area contributed by atoms with E-state index in [0.29, 0.717) is 13.0 Å². The Bertz CT molecular complexity index is 558. The highest BCUT2D eigenvalue weighted by molar-refractivity contribution is 5.76. The number of rotatable bonds is 5. The van der Waals surface area contributed by atoms with Crippen LogP contribution in [-0.2, 0) is 18.4 Å². The minimum absolute atomic E-state index is 0.243. The molecule has 0 aromatic carbocycles. The van der Waals surface area contributed by atoms with Crippen molar-refractivity contribution < 1.29 is 10.0 Å². The van der Waals surface area contributed by atoms with Crippen molar-refractivity contribution in [3.8, 4) is 11.4 Å². The van der Waals surface area contributed by atoms with Crippen LogP contribution in [0.25, 0.3) is 11.4 Å². The van der Waals surface area contributed by atoms with Crippen molar-refractivity contribution in [2.45, 2.75) is 19.9 Å². The molecular weight excluding hydrogens is 244 g/mol. The first-order valence-electron chi connectivity index (χ1n) is 6.21. The highest BCUT2D eigenvalue weighted by Crippen LogP contribution is 2.16. The lowest BCUT2D eigenvalue weighted by Crippen LogP contribution is -2.26. The molecule has 1 atom stereocenters. The fraction of sp³-hybridized carbons (Fsp3) is 0.385. The Morgan fingerprint density at radius 1 is 1.47 bits per heavy atom. The summed E-state index contributed by atoms with van der Waals surface area (Å²) in [5.41, 5.74) is 3.63. The van der Waals surface area contributed by atoms with Crippen molar-refractivity contribution >= 4 is 5.91 Å². The van der Waals surface area contributed by atoms with Crippen LogP contribution in [0.2, 0.25) is 0 Å². The molecule has 1 unspecified atom stereocenters. The molecule has 2 aromatic heterocycles. The van der Waals surface area contributed by atoms with E-state index in [1.807, 2.05) is 46.9 Å². The van der Waals surface area contributed by atoms with Crippen LogP contribution in [-0.4, -0.2) is 25.5 Å². The fourth-order valence-electron chi connectivity index (χ4n) is 1.92. The van der Waals surface area contributed by atoms with Crippen molar-refractivity contribution in [3.63, 3.8) is 0 Å². The first kappa shape index (κ1) is 13.4. The minimum Gasteiger partial charge on any atom is -0.349 e. The summed E-state index contributed by atoms with van der Waals surface area (Å²) in [5, 5.41) is 13.0. The van der Waals surface area contributed by atoms with E-state index in [9.17, 15) is 4.79 Å². The maximum absolute atomic E-state index is 11.2. The van der Waals surface area contributed by atoms with Gasteiger partial charge in [-0.05, 0) is 24.6 Å². The summed E-state index contributed by atoms with van der Waals surface area (Å²) < 4.78 is 3.82. The summed E-state index contributed by atoms with van der Waals surface area (Å²) in [6, 6.07) is 5.93. The molecule has 0 aliphatic rings. The average molecular weight is 262 g/mol. The number of aryl methyl sites for hydroxylation is 2. The van der Waals surface area contributed by atoms with Crippen molar-refractivity contribution in [1.29, 1.82) is 0 Å². The van der Waals surface area contributed by atoms with Gasteiger partial charge in [0.2, 0.25) is 5.91 Å². The molecule has 0 aliphatic heterocycles. The van der Waals surface area contributed by atoms with Crippen LogP contribution in [0, 0.1) is 5.92 Å². The van der Waals surface area contributed by atoms with Crippen LogP contribution in [0.15, 0.2) is 30.6 Å². The van der Waals surface area contributed by atoms with E-state index < -0.39 is 0 Å². The van der Waals surface area contributed by atoms with E-state index >= 15 is 0 Å². The molecule has 0 aliphatic carbocycles. The molecule has 2 rings (SSSR count). The van der Waals surface area contributed by atoms with Gasteiger partial charge in [0.15, 0.2) is 0 Å². The molecule has 0 spiro atoms. The second kappa shape index (κ2) is 5.71. The van der Waals surface area contributed by atoms with Gasteiger partial charge in [0.25, 0.3) is 0 Å². The lowest BCUT2D eigenvalue weighted by atomic mass is 10.1. The van der Waals surface area contributed by atoms with E-state index in [2.05, 4.69) is 5.10 Å². The summed E-state index contributed by atoms with van der Waals surface area (Å²) in [6.07, 6.45) is 4.49. The SMILES string of the molecule is CC(CCn1ccc(-c2cccn2C)n1)C(=O)NO. The monoisotopic (exact) mass is 262 g/mol. The Labute approximate surface area is 111 Å². The van der Waals surface area contributed by atoms with E-state index in [0.717, 1.165) is 11.4 Å². The third kappa shape index (κ3) is 3.03. The van der Waals surface area contributed by atoms with Crippen LogP contribution in [0.4, 0.5) is 0 Å². The van der Waals surface area contributed by atoms with Gasteiger partial charge in [-0.1, -0.05) is 6.92 Å². The second-order valence-corrected chi connectivity index (χ2v) is 4.63. The van der Waals surface area contributed by atoms with Gasteiger partial charge in [-0.2, -0.15) is 5.10 Å². The summed E-state index contributed by atoms with van der Waals surface area (Å²) in [6.45, 7) is 2.41. The van der Waals surface area contributed by atoms with Crippen LogP contribution in [0.3, 0.4) is 0 Å². The first-order chi connectivity index (χ1) is 9.11. The van der Waals surface area contributed by atoms with E-state index in [-0.39, 0.29) is 11.8 Å². The zero-order chi connectivity index (χ0) is 13.8. The number of carbonyl (C=O) groups is 1. The lowest BCUT2D eigenvalue weighted by Gasteiger charge is -2.08. The van der Waals surface area contributed by atoms with E-state index in [1.165, 1.54) is 0 Å². The third-order valence-corrected chi connectivity index (χ3v) is 3.20. The Hall–Kier alpha value is -2.08. The summed E-state index contributed by atoms with van der Waals surface area (Å²) >= 11 is 0. The van der Waals surface area contributed by atoms with Crippen molar-refractivity contribution in [1.82, 2.24) is 19.8 Å². The molecule has 6 nitrogen and oxygen atoms in total. The minimum atomic E-state index is -0.366. The second-order valence-electron chi connectivity index (χ2n) is 4.63. The van der Waals surface area contributed by atoms with Gasteiger partial charge in [0.1, 0.15) is 5.69 Å². The molecule has 0 radical (unpaired) electrons. The normalized spacial score (nSPS) is 12.4. The van der Waals surface area contributed by atoms with Gasteiger partial charge in [-0.15, -0.1) is 0 Å². The number of nitrogens with one attached hydrogen (secondary N) is 1. The van der Waals surface area contributed by atoms with Crippen LogP contribution < -0.4 is 5.48 Å². The summed E-state index contributed by atoms with van der Waals surface area (Å²) in [4.78, 5) is 11.2. The molecule has 19 heavy (non-hydrogen) atoms. The van der Waals surface area contributed by atoms with Crippen molar-refractivity contribution in [2.24, 2.45) is 13.0 Å². The van der Waals surface area contributed by atoms with Crippen molar-refractivity contribution in [2.75, 3.05) is 0 Å². The highest BCUT2D eigenvalue weighted by atomic mass is 16.5. The maximum atomic E-state index is 11.2. The van der Waals surface area contributed by atoms with Gasteiger partial charge in [-0.3, -0.25) is 14.7 Å². The molecule has 0 saturated carbocycles. The number of carbonyl (C=O) groups excluding carboxylic acids is 1. The predicted octanol–water partition coefficient (Wildman–Crippen LogP) is 1.42. The summed E-state index contributed by atoms with van der Waals surface area (Å²) in [7, 11) is 1.97. The summed E-state index contributed by atoms with van der Waals surface area (Å²) in [5.74, 6) is -0.609. The van der Waals surface area contributed by atoms with Gasteiger partial charge in [0, 0.05) is 31.9 Å². The van der Waals surface area contributed by atoms with Crippen LogP contribution in [0.1, 0.15) is 13.3 Å². The molecule has 0 fully saturated rings. The Morgan fingerprint density at radius 3 is 2.89 bits per heavy atom. The quantitative estimate of drug-likeness (QED) is 0.632. The zero-order valence-corrected chi connectivity index (χ0v) is 11.1. The number of aromatic nitrogens is 3. The van der Waals surface area contributed by atoms with E-state index in [4.69, 9.17) is 5.21 Å². The van der Waals surface area contributed by atoms with Gasteiger partial charge < -0.3 is 4.57 Å². The molecule has 2 N–H and O–H groups in total. The molecule has 0 bridgehead atoms. The number of hydrogen-bond donors (Lipinski definition) is 2.